The van der Waals surface area contributed by atoms with E-state index in [-0.39, 0.29) is 44.5 Å². The first-order chi connectivity index (χ1) is 29.9. The van der Waals surface area contributed by atoms with Gasteiger partial charge in [-0.15, -0.1) is 11.8 Å². The van der Waals surface area contributed by atoms with E-state index < -0.39 is 84.6 Å². The normalized spacial score (nSPS) is 12.4. The number of fused-ring (bicyclic) bond motifs is 1. The van der Waals surface area contributed by atoms with E-state index in [0.29, 0.717) is 28.9 Å². The second-order valence-corrected chi connectivity index (χ2v) is 16.7. The van der Waals surface area contributed by atoms with Gasteiger partial charge in [0.2, 0.25) is 4.80 Å². The molecule has 1 aliphatic rings. The minimum Gasteiger partial charge on any atom is -0.481 e. The fourth-order valence-electron chi connectivity index (χ4n) is 4.88. The van der Waals surface area contributed by atoms with E-state index in [9.17, 15) is 56.2 Å². The Morgan fingerprint density at radius 1 is 1.00 bits per heavy atom. The number of thioether (sulfide) groups is 1. The number of ether oxygens (including phenoxy) is 3. The number of carboxylic acids is 2. The Bertz CT molecular complexity index is 2550. The average Bonchev–Trinajstić information content (AvgIpc) is 3.52. The lowest BCUT2D eigenvalue weighted by Crippen LogP contribution is -2.31. The largest absolute Gasteiger partial charge is 0.481 e. The molecule has 3 aromatic carbocycles. The Balaban J connectivity index is 0.000000285. The van der Waals surface area contributed by atoms with E-state index in [1.165, 1.54) is 13.0 Å². The lowest BCUT2D eigenvalue weighted by Gasteiger charge is -2.15. The number of nitrogens with zero attached hydrogens (tertiary/aromatic N) is 4. The smallest absolute Gasteiger partial charge is 0.416 e. The Kier molecular flexibility index (Phi) is 19.9. The molecule has 0 fully saturated rings. The van der Waals surface area contributed by atoms with Gasteiger partial charge in [0.05, 0.1) is 45.7 Å². The number of rotatable bonds is 15. The second kappa shape index (κ2) is 24.1. The molecule has 0 spiro atoms. The molecule has 0 bridgehead atoms. The van der Waals surface area contributed by atoms with Gasteiger partial charge < -0.3 is 34.2 Å². The number of carbonyl (C=O) groups is 4. The maximum atomic E-state index is 14.2. The number of carboxylic acid groups (broad SMARTS) is 2. The van der Waals surface area contributed by atoms with Gasteiger partial charge in [0.1, 0.15) is 28.6 Å². The number of aromatic nitrogens is 2. The number of hydrogen-bond donors (Lipinski definition) is 5. The van der Waals surface area contributed by atoms with E-state index in [2.05, 4.69) is 15.0 Å². The number of nitro groups is 1. The molecule has 29 heteroatoms. The number of nitro benzene ring substituents is 1. The van der Waals surface area contributed by atoms with Crippen molar-refractivity contribution in [2.24, 2.45) is 4.99 Å². The van der Waals surface area contributed by atoms with Gasteiger partial charge >= 0.3 is 42.5 Å². The standard InChI is InChI=1S/C18H13ClF3NO7.C14H13ClFN3O3S2.C3H8NO5P/c1-2-28-16(24)9-29-17(25)12-8-11(4-5-14(12)23(26)27)30-15-6-3-10(7-13(15)19)18(20,21)22;15-8-5-9(16)10(6-11(8)23-7-12(20)21)17-13-18-3-1-2-4-19(18)14(22)24-13;5-3(6)1-4-2-10(7,8)9/h3-8H,2,9H2,1H3;5-6H,1-4,7H2,(H,20,21);4H,1-2H2,(H,5,6)(H2,7,8,9). The van der Waals surface area contributed by atoms with Crippen molar-refractivity contribution in [1.82, 2.24) is 14.7 Å². The van der Waals surface area contributed by atoms with Crippen LogP contribution in [-0.2, 0) is 47.7 Å². The lowest BCUT2D eigenvalue weighted by atomic mass is 10.1. The third kappa shape index (κ3) is 17.0. The van der Waals surface area contributed by atoms with Crippen molar-refractivity contribution in [2.45, 2.75) is 43.9 Å². The van der Waals surface area contributed by atoms with Gasteiger partial charge in [-0.25, -0.2) is 23.7 Å². The molecule has 0 atom stereocenters. The molecule has 348 valence electrons. The molecule has 64 heavy (non-hydrogen) atoms. The molecular formula is C35H34Cl2F4N5O15PS2. The number of alkyl halides is 3. The SMILES string of the molecule is CCOC(=O)COC(=O)c1cc(Oc2ccc(C(F)(F)F)cc2Cl)ccc1[N+](=O)[O-].O=C(O)CNCP(=O)(O)O.O=C(O)CSc1cc(N=c2sc(=O)n3n2CCCC3)c(F)cc1Cl. The number of esters is 2. The molecule has 5 N–H and O–H groups in total. The molecule has 1 aromatic heterocycles. The fraction of sp³-hybridized carbons (Fsp3) is 0.314. The first kappa shape index (κ1) is 53.0. The molecule has 2 heterocycles. The predicted molar refractivity (Wildman–Crippen MR) is 220 cm³/mol. The van der Waals surface area contributed by atoms with E-state index in [4.69, 9.17) is 52.7 Å². The van der Waals surface area contributed by atoms with Gasteiger partial charge in [-0.3, -0.25) is 39.1 Å². The zero-order valence-electron chi connectivity index (χ0n) is 32.6. The van der Waals surface area contributed by atoms with Crippen LogP contribution in [0, 0.1) is 15.9 Å². The Labute approximate surface area is 375 Å². The molecule has 1 aliphatic heterocycles. The third-order valence-corrected chi connectivity index (χ3v) is 10.8. The molecule has 4 aromatic rings. The molecule has 0 radical (unpaired) electrons. The first-order valence-corrected chi connectivity index (χ1v) is 22.1. The topological polar surface area (TPSA) is 288 Å². The van der Waals surface area contributed by atoms with Crippen molar-refractivity contribution in [3.63, 3.8) is 0 Å². The van der Waals surface area contributed by atoms with Crippen molar-refractivity contribution in [3.8, 4) is 11.5 Å². The number of nitrogens with one attached hydrogen (secondary N) is 1. The predicted octanol–water partition coefficient (Wildman–Crippen LogP) is 6.28. The fourth-order valence-corrected chi connectivity index (χ4v) is 7.37. The van der Waals surface area contributed by atoms with Gasteiger partial charge in [-0.05, 0) is 67.5 Å². The zero-order chi connectivity index (χ0) is 47.9. The van der Waals surface area contributed by atoms with Crippen LogP contribution in [0.5, 0.6) is 11.5 Å². The van der Waals surface area contributed by atoms with Gasteiger partial charge in [0.25, 0.3) is 5.69 Å². The highest BCUT2D eigenvalue weighted by Gasteiger charge is 2.31. The van der Waals surface area contributed by atoms with Crippen LogP contribution >= 0.6 is 53.9 Å². The zero-order valence-corrected chi connectivity index (χ0v) is 36.6. The highest BCUT2D eigenvalue weighted by atomic mass is 35.5. The van der Waals surface area contributed by atoms with Crippen LogP contribution < -0.4 is 19.7 Å². The van der Waals surface area contributed by atoms with E-state index in [0.717, 1.165) is 72.3 Å². The average molecular weight is 1010 g/mol. The van der Waals surface area contributed by atoms with Crippen LogP contribution in [0.15, 0.2) is 63.2 Å². The Morgan fingerprint density at radius 2 is 1.67 bits per heavy atom. The maximum Gasteiger partial charge on any atom is 0.416 e. The summed E-state index contributed by atoms with van der Waals surface area (Å²) >= 11 is 13.7. The van der Waals surface area contributed by atoms with E-state index in [1.807, 2.05) is 0 Å². The molecule has 0 unspecified atom stereocenters. The van der Waals surface area contributed by atoms with Crippen LogP contribution in [0.25, 0.3) is 0 Å². The van der Waals surface area contributed by atoms with Crippen LogP contribution in [0.1, 0.15) is 35.7 Å². The van der Waals surface area contributed by atoms with Crippen molar-refractivity contribution in [3.05, 3.63) is 100 Å². The number of carbonyl (C=O) groups excluding carboxylic acids is 2. The lowest BCUT2D eigenvalue weighted by molar-refractivity contribution is -0.385. The van der Waals surface area contributed by atoms with Crippen LogP contribution in [-0.4, -0.2) is 90.0 Å². The minimum atomic E-state index is -4.61. The summed E-state index contributed by atoms with van der Waals surface area (Å²) in [6.07, 6.45) is -3.34. The number of benzene rings is 3. The van der Waals surface area contributed by atoms with E-state index in [1.54, 1.807) is 9.36 Å². The van der Waals surface area contributed by atoms with Crippen LogP contribution in [0.3, 0.4) is 0 Å². The van der Waals surface area contributed by atoms with Crippen molar-refractivity contribution in [2.75, 3.05) is 31.8 Å². The summed E-state index contributed by atoms with van der Waals surface area (Å²) < 4.78 is 80.4. The molecular weight excluding hydrogens is 972 g/mol. The highest BCUT2D eigenvalue weighted by Crippen LogP contribution is 2.38. The summed E-state index contributed by atoms with van der Waals surface area (Å²) in [7, 11) is -4.10. The summed E-state index contributed by atoms with van der Waals surface area (Å²) in [5, 5.41) is 29.7. The summed E-state index contributed by atoms with van der Waals surface area (Å²) in [4.78, 5) is 87.6. The van der Waals surface area contributed by atoms with Crippen LogP contribution in [0.2, 0.25) is 10.0 Å². The van der Waals surface area contributed by atoms with Gasteiger partial charge in [-0.2, -0.15) is 13.2 Å². The molecule has 0 saturated carbocycles. The third-order valence-electron chi connectivity index (χ3n) is 7.55. The van der Waals surface area contributed by atoms with E-state index >= 15 is 0 Å². The molecule has 20 nitrogen and oxygen atoms in total. The van der Waals surface area contributed by atoms with Crippen molar-refractivity contribution < 1.29 is 80.4 Å². The van der Waals surface area contributed by atoms with Gasteiger partial charge in [0, 0.05) is 30.1 Å². The van der Waals surface area contributed by atoms with Gasteiger partial charge in [-0.1, -0.05) is 23.2 Å². The first-order valence-electron chi connectivity index (χ1n) is 17.7. The Morgan fingerprint density at radius 3 is 2.25 bits per heavy atom. The minimum absolute atomic E-state index is 0.0370. The molecule has 0 aliphatic carbocycles. The van der Waals surface area contributed by atoms with Crippen molar-refractivity contribution in [1.29, 1.82) is 0 Å². The molecule has 0 amide bonds. The molecule has 5 rings (SSSR count). The van der Waals surface area contributed by atoms with Crippen molar-refractivity contribution >= 4 is 89.1 Å². The highest BCUT2D eigenvalue weighted by molar-refractivity contribution is 8.00. The maximum absolute atomic E-state index is 14.2. The Hall–Kier alpha value is -5.34. The number of hydrogen-bond acceptors (Lipinski definition) is 15. The second-order valence-electron chi connectivity index (χ2n) is 12.3. The summed E-state index contributed by atoms with van der Waals surface area (Å²) in [5.41, 5.74) is -2.12. The van der Waals surface area contributed by atoms with Gasteiger partial charge in [0.15, 0.2) is 6.61 Å². The molecule has 0 saturated heterocycles. The summed E-state index contributed by atoms with van der Waals surface area (Å²) in [5.74, 6) is -5.29. The monoisotopic (exact) mass is 1010 g/mol. The quantitative estimate of drug-likeness (QED) is 0.0219. The summed E-state index contributed by atoms with van der Waals surface area (Å²) in [6.45, 7) is 1.68. The number of aliphatic carboxylic acids is 2. The van der Waals surface area contributed by atoms with Crippen LogP contribution in [0.4, 0.5) is 28.9 Å². The number of halogens is 6. The summed E-state index contributed by atoms with van der Waals surface area (Å²) in [6, 6.07) is 7.88.